The molecule has 0 saturated carbocycles. The molecule has 5 heteroatoms. The van der Waals surface area contributed by atoms with E-state index in [0.29, 0.717) is 10.9 Å². The standard InChI is InChI=1S/C24H21N3O2/c1-16-9-12-19(13-10-16)25-15-18-11-14-20-22(21(18)17-7-5-4-6-8-17)23(28)27(3)24(29)26(20)2/h4-15H,1-3H3. The summed E-state index contributed by atoms with van der Waals surface area (Å²) in [6.07, 6.45) is 1.77. The average molecular weight is 383 g/mol. The van der Waals surface area contributed by atoms with E-state index >= 15 is 0 Å². The SMILES string of the molecule is Cc1ccc(N=Cc2ccc3c(c2-c2ccccc2)c(=O)n(C)c(=O)n3C)cc1. The Morgan fingerprint density at radius 2 is 1.52 bits per heavy atom. The molecular weight excluding hydrogens is 362 g/mol. The minimum absolute atomic E-state index is 0.312. The molecule has 0 fully saturated rings. The summed E-state index contributed by atoms with van der Waals surface area (Å²) in [5, 5.41) is 0.508. The van der Waals surface area contributed by atoms with Gasteiger partial charge >= 0.3 is 5.69 Å². The monoisotopic (exact) mass is 383 g/mol. The van der Waals surface area contributed by atoms with Crippen LogP contribution >= 0.6 is 0 Å². The van der Waals surface area contributed by atoms with Crippen molar-refractivity contribution < 1.29 is 0 Å². The highest BCUT2D eigenvalue weighted by Crippen LogP contribution is 2.29. The Morgan fingerprint density at radius 1 is 0.828 bits per heavy atom. The lowest BCUT2D eigenvalue weighted by atomic mass is 9.96. The van der Waals surface area contributed by atoms with E-state index in [1.54, 1.807) is 19.3 Å². The Kier molecular flexibility index (Phi) is 4.72. The maximum Gasteiger partial charge on any atom is 0.330 e. The van der Waals surface area contributed by atoms with Crippen molar-refractivity contribution >= 4 is 22.8 Å². The van der Waals surface area contributed by atoms with Gasteiger partial charge in [-0.2, -0.15) is 0 Å². The van der Waals surface area contributed by atoms with Crippen LogP contribution in [-0.2, 0) is 14.1 Å². The summed E-state index contributed by atoms with van der Waals surface area (Å²) in [5.41, 5.74) is 4.45. The van der Waals surface area contributed by atoms with Gasteiger partial charge in [-0.25, -0.2) is 4.79 Å². The largest absolute Gasteiger partial charge is 0.330 e. The molecule has 0 spiro atoms. The van der Waals surface area contributed by atoms with Gasteiger partial charge in [0.1, 0.15) is 0 Å². The van der Waals surface area contributed by atoms with Crippen molar-refractivity contribution in [3.63, 3.8) is 0 Å². The van der Waals surface area contributed by atoms with Gasteiger partial charge in [-0.15, -0.1) is 0 Å². The van der Waals surface area contributed by atoms with Crippen LogP contribution < -0.4 is 11.2 Å². The van der Waals surface area contributed by atoms with Gasteiger partial charge in [0.15, 0.2) is 0 Å². The summed E-state index contributed by atoms with van der Waals surface area (Å²) >= 11 is 0. The van der Waals surface area contributed by atoms with Gasteiger partial charge in [-0.3, -0.25) is 18.9 Å². The molecule has 29 heavy (non-hydrogen) atoms. The van der Waals surface area contributed by atoms with Crippen LogP contribution in [0.2, 0.25) is 0 Å². The second-order valence-electron chi connectivity index (χ2n) is 7.09. The molecule has 0 aliphatic heterocycles. The fourth-order valence-electron chi connectivity index (χ4n) is 3.48. The molecule has 0 atom stereocenters. The highest BCUT2D eigenvalue weighted by molar-refractivity contribution is 6.04. The summed E-state index contributed by atoms with van der Waals surface area (Å²) in [5.74, 6) is 0. The number of fused-ring (bicyclic) bond motifs is 1. The predicted molar refractivity (Wildman–Crippen MR) is 118 cm³/mol. The van der Waals surface area contributed by atoms with E-state index in [1.807, 2.05) is 67.6 Å². The van der Waals surface area contributed by atoms with E-state index in [2.05, 4.69) is 4.99 Å². The second-order valence-corrected chi connectivity index (χ2v) is 7.09. The topological polar surface area (TPSA) is 56.4 Å². The number of nitrogens with zero attached hydrogens (tertiary/aromatic N) is 3. The van der Waals surface area contributed by atoms with E-state index in [9.17, 15) is 9.59 Å². The Hall–Kier alpha value is -3.73. The first-order valence-corrected chi connectivity index (χ1v) is 9.36. The normalized spacial score (nSPS) is 11.4. The van der Waals surface area contributed by atoms with Crippen molar-refractivity contribution in [3.05, 3.63) is 98.7 Å². The lowest BCUT2D eigenvalue weighted by Crippen LogP contribution is -2.37. The van der Waals surface area contributed by atoms with Gasteiger partial charge in [-0.1, -0.05) is 54.1 Å². The molecule has 4 rings (SSSR count). The third-order valence-electron chi connectivity index (χ3n) is 5.12. The summed E-state index contributed by atoms with van der Waals surface area (Å²) in [6.45, 7) is 2.03. The molecule has 0 N–H and O–H groups in total. The number of hydrogen-bond donors (Lipinski definition) is 0. The van der Waals surface area contributed by atoms with Gasteiger partial charge in [0.05, 0.1) is 16.6 Å². The minimum Gasteiger partial charge on any atom is -0.296 e. The number of aliphatic imine (C=N–C) groups is 1. The molecule has 0 amide bonds. The first-order chi connectivity index (χ1) is 14.0. The van der Waals surface area contributed by atoms with E-state index in [1.165, 1.54) is 17.2 Å². The quantitative estimate of drug-likeness (QED) is 0.503. The summed E-state index contributed by atoms with van der Waals surface area (Å²) in [6, 6.07) is 21.4. The van der Waals surface area contributed by atoms with Gasteiger partial charge < -0.3 is 0 Å². The first kappa shape index (κ1) is 18.6. The van der Waals surface area contributed by atoms with Crippen LogP contribution in [-0.4, -0.2) is 15.3 Å². The first-order valence-electron chi connectivity index (χ1n) is 9.36. The minimum atomic E-state index is -0.345. The molecule has 0 radical (unpaired) electrons. The maximum atomic E-state index is 13.1. The van der Waals surface area contributed by atoms with Crippen LogP contribution in [0.1, 0.15) is 11.1 Å². The van der Waals surface area contributed by atoms with Gasteiger partial charge in [0.25, 0.3) is 5.56 Å². The fourth-order valence-corrected chi connectivity index (χ4v) is 3.48. The molecular formula is C24H21N3O2. The molecule has 1 aromatic heterocycles. The highest BCUT2D eigenvalue weighted by atomic mass is 16.2. The van der Waals surface area contributed by atoms with Crippen molar-refractivity contribution in [2.75, 3.05) is 0 Å². The van der Waals surface area contributed by atoms with Crippen LogP contribution in [0.4, 0.5) is 5.69 Å². The zero-order valence-electron chi connectivity index (χ0n) is 16.6. The average Bonchev–Trinajstić information content (AvgIpc) is 2.75. The molecule has 0 aliphatic rings. The molecule has 4 aromatic rings. The Labute approximate surface area is 168 Å². The Balaban J connectivity index is 2.04. The lowest BCUT2D eigenvalue weighted by Gasteiger charge is -2.14. The van der Waals surface area contributed by atoms with E-state index in [0.717, 1.165) is 26.9 Å². The molecule has 5 nitrogen and oxygen atoms in total. The third kappa shape index (κ3) is 3.31. The molecule has 0 unspecified atom stereocenters. The van der Waals surface area contributed by atoms with Crippen LogP contribution in [0.25, 0.3) is 22.0 Å². The Bertz CT molecular complexity index is 1350. The van der Waals surface area contributed by atoms with Gasteiger partial charge in [0.2, 0.25) is 0 Å². The smallest absolute Gasteiger partial charge is 0.296 e. The Morgan fingerprint density at radius 3 is 2.21 bits per heavy atom. The van der Waals surface area contributed by atoms with E-state index in [4.69, 9.17) is 0 Å². The van der Waals surface area contributed by atoms with Crippen LogP contribution in [0, 0.1) is 6.92 Å². The summed E-state index contributed by atoms with van der Waals surface area (Å²) < 4.78 is 2.65. The van der Waals surface area contributed by atoms with E-state index in [-0.39, 0.29) is 11.2 Å². The van der Waals surface area contributed by atoms with Crippen molar-refractivity contribution in [1.29, 1.82) is 0 Å². The number of hydrogen-bond acceptors (Lipinski definition) is 3. The van der Waals surface area contributed by atoms with Gasteiger partial charge in [-0.05, 0) is 30.7 Å². The molecule has 0 aliphatic carbocycles. The van der Waals surface area contributed by atoms with Crippen LogP contribution in [0.3, 0.4) is 0 Å². The van der Waals surface area contributed by atoms with Crippen LogP contribution in [0.15, 0.2) is 81.3 Å². The lowest BCUT2D eigenvalue weighted by molar-refractivity contribution is 0.714. The zero-order valence-corrected chi connectivity index (χ0v) is 16.6. The maximum absolute atomic E-state index is 13.1. The molecule has 0 bridgehead atoms. The van der Waals surface area contributed by atoms with Gasteiger partial charge in [0, 0.05) is 31.4 Å². The number of aromatic nitrogens is 2. The highest BCUT2D eigenvalue weighted by Gasteiger charge is 2.16. The number of rotatable bonds is 3. The van der Waals surface area contributed by atoms with Crippen molar-refractivity contribution in [2.45, 2.75) is 6.92 Å². The molecule has 1 heterocycles. The fraction of sp³-hybridized carbons (Fsp3) is 0.125. The van der Waals surface area contributed by atoms with Crippen LogP contribution in [0.5, 0.6) is 0 Å². The molecule has 0 saturated heterocycles. The molecule has 3 aromatic carbocycles. The van der Waals surface area contributed by atoms with E-state index < -0.39 is 0 Å². The summed E-state index contributed by atoms with van der Waals surface area (Å²) in [4.78, 5) is 30.0. The number of aryl methyl sites for hydroxylation is 2. The van der Waals surface area contributed by atoms with Crippen molar-refractivity contribution in [1.82, 2.24) is 9.13 Å². The third-order valence-corrected chi connectivity index (χ3v) is 5.12. The van der Waals surface area contributed by atoms with Crippen molar-refractivity contribution in [2.24, 2.45) is 19.1 Å². The zero-order chi connectivity index (χ0) is 20.5. The number of benzene rings is 3. The predicted octanol–water partition coefficient (Wildman–Crippen LogP) is 3.96. The second kappa shape index (κ2) is 7.36. The molecule has 144 valence electrons. The summed E-state index contributed by atoms with van der Waals surface area (Å²) in [7, 11) is 3.19. The van der Waals surface area contributed by atoms with Crippen molar-refractivity contribution in [3.8, 4) is 11.1 Å².